The molecule has 3 aromatic rings. The van der Waals surface area contributed by atoms with Gasteiger partial charge in [-0.1, -0.05) is 65.7 Å². The number of ether oxygens (including phenoxy) is 2. The topological polar surface area (TPSA) is 119 Å². The van der Waals surface area contributed by atoms with Gasteiger partial charge in [0.25, 0.3) is 5.91 Å². The van der Waals surface area contributed by atoms with Crippen LogP contribution >= 0.6 is 23.2 Å². The number of hydrogen-bond acceptors (Lipinski definition) is 7. The normalized spacial score (nSPS) is 13.9. The van der Waals surface area contributed by atoms with Crippen molar-refractivity contribution in [3.63, 3.8) is 0 Å². The number of hydrogen-bond donors (Lipinski definition) is 1. The van der Waals surface area contributed by atoms with Gasteiger partial charge in [-0.3, -0.25) is 4.79 Å². The number of nitrogens with one attached hydrogen (secondary N) is 1. The summed E-state index contributed by atoms with van der Waals surface area (Å²) in [6.45, 7) is 5.87. The number of rotatable bonds is 8. The Morgan fingerprint density at radius 1 is 1.00 bits per heavy atom. The van der Waals surface area contributed by atoms with E-state index in [2.05, 4.69) is 5.32 Å². The van der Waals surface area contributed by atoms with E-state index in [0.717, 1.165) is 11.8 Å². The van der Waals surface area contributed by atoms with Crippen molar-refractivity contribution in [3.05, 3.63) is 98.5 Å². The molecule has 0 spiro atoms. The number of fused-ring (bicyclic) bond motifs is 1. The minimum atomic E-state index is -3.50. The van der Waals surface area contributed by atoms with Gasteiger partial charge in [0.1, 0.15) is 18.2 Å². The first-order valence-corrected chi connectivity index (χ1v) is 16.5. The smallest absolute Gasteiger partial charge is 0.410 e. The highest BCUT2D eigenvalue weighted by atomic mass is 35.5. The fourth-order valence-electron chi connectivity index (χ4n) is 4.73. The maximum Gasteiger partial charge on any atom is 0.410 e. The Morgan fingerprint density at radius 2 is 1.68 bits per heavy atom. The molecule has 2 amide bonds. The fourth-order valence-corrected chi connectivity index (χ4v) is 6.19. The largest absolute Gasteiger partial charge is 0.459 e. The van der Waals surface area contributed by atoms with Crippen molar-refractivity contribution >= 4 is 51.0 Å². The summed E-state index contributed by atoms with van der Waals surface area (Å²) in [6.07, 6.45) is 0.945. The molecule has 4 rings (SSSR count). The van der Waals surface area contributed by atoms with E-state index in [1.54, 1.807) is 56.0 Å². The zero-order valence-corrected chi connectivity index (χ0v) is 27.2. The molecule has 12 heteroatoms. The van der Waals surface area contributed by atoms with Crippen LogP contribution < -0.4 is 5.32 Å². The quantitative estimate of drug-likeness (QED) is 0.305. The average molecular weight is 662 g/mol. The molecule has 0 unspecified atom stereocenters. The Labute approximate surface area is 267 Å². The molecule has 0 saturated heterocycles. The lowest BCUT2D eigenvalue weighted by molar-refractivity contribution is -0.147. The van der Waals surface area contributed by atoms with Crippen LogP contribution in [0.1, 0.15) is 53.4 Å². The molecule has 1 aliphatic rings. The monoisotopic (exact) mass is 660 g/mol. The second-order valence-electron chi connectivity index (χ2n) is 11.6. The first-order chi connectivity index (χ1) is 20.6. The third-order valence-corrected chi connectivity index (χ3v) is 8.69. The molecule has 0 bridgehead atoms. The van der Waals surface area contributed by atoms with Crippen LogP contribution in [0.15, 0.2) is 65.6 Å². The molecule has 3 aromatic carbocycles. The number of carbonyl (C=O) groups is 3. The van der Waals surface area contributed by atoms with E-state index >= 15 is 0 Å². The Bertz CT molecular complexity index is 1670. The van der Waals surface area contributed by atoms with Crippen molar-refractivity contribution in [2.24, 2.45) is 0 Å². The van der Waals surface area contributed by atoms with Crippen molar-refractivity contribution in [1.82, 2.24) is 10.2 Å². The second kappa shape index (κ2) is 13.6. The van der Waals surface area contributed by atoms with Gasteiger partial charge in [-0.25, -0.2) is 18.0 Å². The Kier molecular flexibility index (Phi) is 10.3. The molecule has 9 nitrogen and oxygen atoms in total. The number of nitrogens with zero attached hydrogens (tertiary/aromatic N) is 1. The number of carbonyl (C=O) groups excluding carboxylic acids is 3. The van der Waals surface area contributed by atoms with E-state index in [1.807, 2.05) is 18.2 Å². The third-order valence-electron chi connectivity index (χ3n) is 6.86. The molecule has 1 N–H and O–H groups in total. The number of halogens is 2. The molecule has 1 atom stereocenters. The van der Waals surface area contributed by atoms with Crippen LogP contribution in [0.3, 0.4) is 0 Å². The van der Waals surface area contributed by atoms with E-state index in [-0.39, 0.29) is 40.1 Å². The zero-order valence-electron chi connectivity index (χ0n) is 24.9. The highest BCUT2D eigenvalue weighted by Gasteiger charge is 2.31. The van der Waals surface area contributed by atoms with Crippen LogP contribution in [0.4, 0.5) is 4.79 Å². The molecule has 0 fully saturated rings. The molecule has 0 saturated carbocycles. The molecule has 44 heavy (non-hydrogen) atoms. The summed E-state index contributed by atoms with van der Waals surface area (Å²) in [4.78, 5) is 41.2. The summed E-state index contributed by atoms with van der Waals surface area (Å²) in [5.74, 6) is -1.41. The van der Waals surface area contributed by atoms with Gasteiger partial charge >= 0.3 is 12.1 Å². The van der Waals surface area contributed by atoms with E-state index in [4.69, 9.17) is 32.7 Å². The fraction of sp³-hybridized carbons (Fsp3) is 0.344. The van der Waals surface area contributed by atoms with Gasteiger partial charge in [0.2, 0.25) is 0 Å². The van der Waals surface area contributed by atoms with Gasteiger partial charge in [-0.2, -0.15) is 0 Å². The second-order valence-corrected chi connectivity index (χ2v) is 14.4. The summed E-state index contributed by atoms with van der Waals surface area (Å²) >= 11 is 13.3. The highest BCUT2D eigenvalue weighted by Crippen LogP contribution is 2.35. The molecule has 1 heterocycles. The van der Waals surface area contributed by atoms with Gasteiger partial charge in [0.15, 0.2) is 9.84 Å². The van der Waals surface area contributed by atoms with Gasteiger partial charge < -0.3 is 19.7 Å². The molecule has 1 aliphatic heterocycles. The first-order valence-electron chi connectivity index (χ1n) is 13.9. The van der Waals surface area contributed by atoms with Crippen LogP contribution in [0, 0.1) is 0 Å². The number of esters is 1. The van der Waals surface area contributed by atoms with Crippen LogP contribution in [0.5, 0.6) is 0 Å². The average Bonchev–Trinajstić information content (AvgIpc) is 2.94. The lowest BCUT2D eigenvalue weighted by atomic mass is 9.96. The Morgan fingerprint density at radius 3 is 2.34 bits per heavy atom. The van der Waals surface area contributed by atoms with Crippen LogP contribution in [-0.4, -0.2) is 55.7 Å². The van der Waals surface area contributed by atoms with Crippen LogP contribution in [0.2, 0.25) is 10.0 Å². The Hall–Kier alpha value is -3.60. The summed E-state index contributed by atoms with van der Waals surface area (Å²) in [6, 6.07) is 15.6. The minimum Gasteiger partial charge on any atom is -0.459 e. The van der Waals surface area contributed by atoms with Gasteiger partial charge in [-0.05, 0) is 67.6 Å². The first kappa shape index (κ1) is 33.3. The van der Waals surface area contributed by atoms with Crippen molar-refractivity contribution in [1.29, 1.82) is 0 Å². The molecule has 0 radical (unpaired) electrons. The van der Waals surface area contributed by atoms with Gasteiger partial charge in [0, 0.05) is 25.8 Å². The van der Waals surface area contributed by atoms with Crippen molar-refractivity contribution in [2.75, 3.05) is 12.8 Å². The van der Waals surface area contributed by atoms with Gasteiger partial charge in [0.05, 0.1) is 20.5 Å². The zero-order chi connectivity index (χ0) is 32.2. The number of sulfone groups is 1. The molecule has 0 aromatic heterocycles. The lowest BCUT2D eigenvalue weighted by Gasteiger charge is -2.32. The summed E-state index contributed by atoms with van der Waals surface area (Å²) < 4.78 is 35.2. The highest BCUT2D eigenvalue weighted by molar-refractivity contribution is 7.90. The number of benzene rings is 3. The van der Waals surface area contributed by atoms with E-state index < -0.39 is 39.4 Å². The standard InChI is InChI=1S/C32H34Cl2N2O7S/c1-32(2,3)43-31(39)36-14-13-24-22(18-36)17-25(33)27(28(24)34)29(37)35-26(30(38)42-19-20-9-6-5-7-10-20)16-21-11-8-12-23(15-21)44(4,40)41/h5-12,15,17,26H,13-14,16,18-19H2,1-4H3,(H,35,37)/t26-/m0/s1. The predicted octanol–water partition coefficient (Wildman–Crippen LogP) is 5.77. The molecule has 0 aliphatic carbocycles. The number of amides is 2. The van der Waals surface area contributed by atoms with E-state index in [0.29, 0.717) is 29.7 Å². The van der Waals surface area contributed by atoms with Crippen molar-refractivity contribution in [2.45, 2.75) is 63.3 Å². The van der Waals surface area contributed by atoms with E-state index in [9.17, 15) is 22.8 Å². The van der Waals surface area contributed by atoms with Gasteiger partial charge in [-0.15, -0.1) is 0 Å². The maximum absolute atomic E-state index is 13.6. The minimum absolute atomic E-state index is 0.0106. The Balaban J connectivity index is 1.58. The molecular weight excluding hydrogens is 627 g/mol. The van der Waals surface area contributed by atoms with Crippen molar-refractivity contribution < 1.29 is 32.3 Å². The summed E-state index contributed by atoms with van der Waals surface area (Å²) in [5.41, 5.74) is 1.95. The molecule has 234 valence electrons. The lowest BCUT2D eigenvalue weighted by Crippen LogP contribution is -2.44. The third kappa shape index (κ3) is 8.52. The SMILES string of the molecule is CC(C)(C)OC(=O)N1CCc2c(cc(Cl)c(C(=O)N[C@@H](Cc3cccc(S(C)(=O)=O)c3)C(=O)OCc3ccccc3)c2Cl)C1. The summed E-state index contributed by atoms with van der Waals surface area (Å²) in [5, 5.41) is 2.88. The molecular formula is C32H34Cl2N2O7S. The van der Waals surface area contributed by atoms with E-state index in [1.165, 1.54) is 12.1 Å². The van der Waals surface area contributed by atoms with Crippen LogP contribution in [-0.2, 0) is 50.1 Å². The van der Waals surface area contributed by atoms with Crippen molar-refractivity contribution in [3.8, 4) is 0 Å². The van der Waals surface area contributed by atoms with Crippen LogP contribution in [0.25, 0.3) is 0 Å². The predicted molar refractivity (Wildman–Crippen MR) is 168 cm³/mol. The summed E-state index contributed by atoms with van der Waals surface area (Å²) in [7, 11) is -3.50. The maximum atomic E-state index is 13.6.